The first-order valence-electron chi connectivity index (χ1n) is 6.28. The molecular formula is C14H23ClN2O. The molecule has 0 aliphatic carbocycles. The van der Waals surface area contributed by atoms with Crippen LogP contribution in [-0.2, 0) is 17.9 Å². The molecule has 0 saturated carbocycles. The van der Waals surface area contributed by atoms with Crippen LogP contribution in [0.2, 0.25) is 0 Å². The van der Waals surface area contributed by atoms with Crippen molar-refractivity contribution in [1.82, 2.24) is 10.2 Å². The second kappa shape index (κ2) is 7.74. The van der Waals surface area contributed by atoms with E-state index in [4.69, 9.17) is 4.74 Å². The van der Waals surface area contributed by atoms with Crippen LogP contribution in [0.4, 0.5) is 0 Å². The summed E-state index contributed by atoms with van der Waals surface area (Å²) in [5.74, 6) is 0. The summed E-state index contributed by atoms with van der Waals surface area (Å²) in [6, 6.07) is 9.35. The number of methoxy groups -OCH3 is 1. The van der Waals surface area contributed by atoms with Crippen molar-refractivity contribution in [3.8, 4) is 0 Å². The van der Waals surface area contributed by atoms with Gasteiger partial charge in [-0.2, -0.15) is 0 Å². The summed E-state index contributed by atoms with van der Waals surface area (Å²) >= 11 is 0. The number of nitrogens with one attached hydrogen (secondary N) is 1. The van der Waals surface area contributed by atoms with Crippen LogP contribution in [0.5, 0.6) is 0 Å². The molecule has 18 heavy (non-hydrogen) atoms. The molecule has 0 bridgehead atoms. The van der Waals surface area contributed by atoms with E-state index >= 15 is 0 Å². The number of likely N-dealkylation sites (tertiary alicyclic amines) is 1. The van der Waals surface area contributed by atoms with E-state index in [-0.39, 0.29) is 12.4 Å². The summed E-state index contributed by atoms with van der Waals surface area (Å²) in [4.78, 5) is 2.51. The fraction of sp³-hybridized carbons (Fsp3) is 0.571. The minimum absolute atomic E-state index is 0. The topological polar surface area (TPSA) is 24.5 Å². The Kier molecular flexibility index (Phi) is 6.65. The smallest absolute Gasteiger partial charge is 0.0713 e. The number of ether oxygens (including phenoxy) is 1. The molecule has 102 valence electrons. The van der Waals surface area contributed by atoms with E-state index in [0.717, 1.165) is 13.1 Å². The number of likely N-dealkylation sites (N-methyl/N-ethyl adjacent to an activating group) is 1. The van der Waals surface area contributed by atoms with Crippen LogP contribution in [0, 0.1) is 0 Å². The number of benzene rings is 1. The minimum atomic E-state index is 0. The highest BCUT2D eigenvalue weighted by atomic mass is 35.5. The quantitative estimate of drug-likeness (QED) is 0.886. The number of halogens is 1. The fourth-order valence-corrected chi connectivity index (χ4v) is 2.45. The zero-order chi connectivity index (χ0) is 12.1. The summed E-state index contributed by atoms with van der Waals surface area (Å²) in [5.41, 5.74) is 2.64. The van der Waals surface area contributed by atoms with Gasteiger partial charge in [-0.25, -0.2) is 0 Å². The van der Waals surface area contributed by atoms with E-state index < -0.39 is 0 Å². The molecule has 1 aromatic rings. The van der Waals surface area contributed by atoms with Crippen molar-refractivity contribution >= 4 is 12.4 Å². The van der Waals surface area contributed by atoms with Gasteiger partial charge in [0.2, 0.25) is 0 Å². The zero-order valence-electron chi connectivity index (χ0n) is 11.2. The maximum Gasteiger partial charge on any atom is 0.0713 e. The third kappa shape index (κ3) is 4.25. The highest BCUT2D eigenvalue weighted by molar-refractivity contribution is 5.85. The molecule has 1 aliphatic heterocycles. The molecule has 1 aromatic carbocycles. The lowest BCUT2D eigenvalue weighted by Gasteiger charge is -2.16. The molecule has 0 amide bonds. The molecule has 0 spiro atoms. The van der Waals surface area contributed by atoms with Crippen molar-refractivity contribution in [3.05, 3.63) is 35.4 Å². The van der Waals surface area contributed by atoms with E-state index in [9.17, 15) is 0 Å². The molecule has 1 unspecified atom stereocenters. The highest BCUT2D eigenvalue weighted by Crippen LogP contribution is 2.14. The van der Waals surface area contributed by atoms with Crippen LogP contribution in [0.25, 0.3) is 0 Å². The molecule has 1 aliphatic rings. The molecule has 4 heteroatoms. The van der Waals surface area contributed by atoms with E-state index in [2.05, 4.69) is 34.5 Å². The molecule has 1 saturated heterocycles. The Hall–Kier alpha value is -0.610. The molecule has 0 aromatic heterocycles. The van der Waals surface area contributed by atoms with Gasteiger partial charge in [0.15, 0.2) is 0 Å². The Morgan fingerprint density at radius 1 is 1.39 bits per heavy atom. The van der Waals surface area contributed by atoms with Gasteiger partial charge in [0.25, 0.3) is 0 Å². The van der Waals surface area contributed by atoms with Crippen LogP contribution >= 0.6 is 12.4 Å². The second-order valence-electron chi connectivity index (χ2n) is 4.76. The lowest BCUT2D eigenvalue weighted by Crippen LogP contribution is -2.29. The lowest BCUT2D eigenvalue weighted by atomic mass is 10.1. The number of hydrogen-bond donors (Lipinski definition) is 1. The fourth-order valence-electron chi connectivity index (χ4n) is 2.45. The second-order valence-corrected chi connectivity index (χ2v) is 4.76. The Morgan fingerprint density at radius 2 is 2.17 bits per heavy atom. The maximum absolute atomic E-state index is 5.16. The summed E-state index contributed by atoms with van der Waals surface area (Å²) in [7, 11) is 3.79. The van der Waals surface area contributed by atoms with Crippen molar-refractivity contribution < 1.29 is 4.74 Å². The molecular weight excluding hydrogens is 248 g/mol. The van der Waals surface area contributed by atoms with Crippen molar-refractivity contribution in [2.45, 2.75) is 25.6 Å². The number of rotatable bonds is 5. The van der Waals surface area contributed by atoms with Crippen LogP contribution in [0.15, 0.2) is 24.3 Å². The molecule has 2 rings (SSSR count). The van der Waals surface area contributed by atoms with Gasteiger partial charge in [-0.3, -0.25) is 4.90 Å². The zero-order valence-corrected chi connectivity index (χ0v) is 12.0. The van der Waals surface area contributed by atoms with E-state index in [1.165, 1.54) is 24.1 Å². The van der Waals surface area contributed by atoms with Crippen LogP contribution in [0.1, 0.15) is 17.5 Å². The lowest BCUT2D eigenvalue weighted by molar-refractivity contribution is 0.184. The van der Waals surface area contributed by atoms with Gasteiger partial charge in [-0.1, -0.05) is 24.3 Å². The average Bonchev–Trinajstić information content (AvgIpc) is 2.78. The Labute approximate surface area is 116 Å². The SMILES string of the molecule is CNC1CCN(Cc2cccc(COC)c2)C1.Cl. The first kappa shape index (κ1) is 15.4. The van der Waals surface area contributed by atoms with Gasteiger partial charge in [0.1, 0.15) is 0 Å². The normalized spacial score (nSPS) is 19.8. The van der Waals surface area contributed by atoms with Gasteiger partial charge < -0.3 is 10.1 Å². The standard InChI is InChI=1S/C14H22N2O.ClH/c1-15-14-6-7-16(10-14)9-12-4-3-5-13(8-12)11-17-2;/h3-5,8,14-15H,6-7,9-11H2,1-2H3;1H. The summed E-state index contributed by atoms with van der Waals surface area (Å²) in [6.45, 7) is 4.10. The van der Waals surface area contributed by atoms with Gasteiger partial charge in [-0.05, 0) is 24.6 Å². The average molecular weight is 271 g/mol. The maximum atomic E-state index is 5.16. The highest BCUT2D eigenvalue weighted by Gasteiger charge is 2.20. The van der Waals surface area contributed by atoms with E-state index in [0.29, 0.717) is 12.6 Å². The third-order valence-electron chi connectivity index (χ3n) is 3.39. The van der Waals surface area contributed by atoms with Crippen LogP contribution in [0.3, 0.4) is 0 Å². The summed E-state index contributed by atoms with van der Waals surface area (Å²) < 4.78 is 5.16. The van der Waals surface area contributed by atoms with E-state index in [1.807, 2.05) is 7.05 Å². The number of nitrogens with zero attached hydrogens (tertiary/aromatic N) is 1. The molecule has 0 radical (unpaired) electrons. The van der Waals surface area contributed by atoms with Gasteiger partial charge in [0.05, 0.1) is 6.61 Å². The first-order valence-corrected chi connectivity index (χ1v) is 6.28. The molecule has 3 nitrogen and oxygen atoms in total. The van der Waals surface area contributed by atoms with Gasteiger partial charge in [0, 0.05) is 32.8 Å². The van der Waals surface area contributed by atoms with Crippen LogP contribution < -0.4 is 5.32 Å². The predicted molar refractivity (Wildman–Crippen MR) is 77.1 cm³/mol. The van der Waals surface area contributed by atoms with Gasteiger partial charge in [-0.15, -0.1) is 12.4 Å². The van der Waals surface area contributed by atoms with Crippen molar-refractivity contribution in [2.75, 3.05) is 27.2 Å². The number of hydrogen-bond acceptors (Lipinski definition) is 3. The van der Waals surface area contributed by atoms with Crippen molar-refractivity contribution in [2.24, 2.45) is 0 Å². The Bertz CT molecular complexity index is 359. The van der Waals surface area contributed by atoms with Crippen LogP contribution in [-0.4, -0.2) is 38.2 Å². The first-order chi connectivity index (χ1) is 8.31. The van der Waals surface area contributed by atoms with Crippen molar-refractivity contribution in [3.63, 3.8) is 0 Å². The third-order valence-corrected chi connectivity index (χ3v) is 3.39. The largest absolute Gasteiger partial charge is 0.380 e. The molecule has 1 atom stereocenters. The molecule has 1 heterocycles. The summed E-state index contributed by atoms with van der Waals surface area (Å²) in [6.07, 6.45) is 1.26. The van der Waals surface area contributed by atoms with Crippen molar-refractivity contribution in [1.29, 1.82) is 0 Å². The van der Waals surface area contributed by atoms with E-state index in [1.54, 1.807) is 7.11 Å². The molecule has 1 N–H and O–H groups in total. The Balaban J connectivity index is 0.00000162. The Morgan fingerprint density at radius 3 is 2.83 bits per heavy atom. The van der Waals surface area contributed by atoms with Gasteiger partial charge >= 0.3 is 0 Å². The monoisotopic (exact) mass is 270 g/mol. The summed E-state index contributed by atoms with van der Waals surface area (Å²) in [5, 5.41) is 3.35. The molecule has 1 fully saturated rings. The predicted octanol–water partition coefficient (Wildman–Crippen LogP) is 2.05. The minimum Gasteiger partial charge on any atom is -0.380 e.